The molecule has 5 nitrogen and oxygen atoms in total. The Morgan fingerprint density at radius 2 is 2.00 bits per heavy atom. The van der Waals surface area contributed by atoms with E-state index in [2.05, 4.69) is 17.9 Å². The maximum atomic E-state index is 10.8. The molecule has 0 atom stereocenters. The molecule has 0 saturated heterocycles. The molecule has 0 aliphatic rings. The molecule has 0 bridgehead atoms. The second-order valence-corrected chi connectivity index (χ2v) is 5.09. The van der Waals surface area contributed by atoms with Gasteiger partial charge in [-0.3, -0.25) is 9.35 Å². The molecule has 2 N–H and O–H groups in total. The first-order valence-electron chi connectivity index (χ1n) is 3.53. The highest BCUT2D eigenvalue weighted by Crippen LogP contribution is 2.05. The number of hydrogen-bond acceptors (Lipinski definition) is 4. The average molecular weight is 227 g/mol. The van der Waals surface area contributed by atoms with E-state index < -0.39 is 21.4 Å². The van der Waals surface area contributed by atoms with Crippen LogP contribution in [-0.2, 0) is 14.9 Å². The minimum atomic E-state index is -4.08. The fourth-order valence-corrected chi connectivity index (χ4v) is 1.97. The highest BCUT2D eigenvalue weighted by molar-refractivity contribution is 7.85. The molecular weight excluding hydrogens is 214 g/mol. The van der Waals surface area contributed by atoms with Crippen molar-refractivity contribution in [2.75, 3.05) is 11.5 Å². The van der Waals surface area contributed by atoms with Crippen LogP contribution in [0, 0.1) is 0 Å². The van der Waals surface area contributed by atoms with Gasteiger partial charge in [0.05, 0.1) is 17.0 Å². The van der Waals surface area contributed by atoms with Gasteiger partial charge in [-0.15, -0.1) is 0 Å². The monoisotopic (exact) mass is 227 g/mol. The molecule has 0 unspecified atom stereocenters. The Balaban J connectivity index is 4.33. The van der Waals surface area contributed by atoms with Gasteiger partial charge in [0.15, 0.2) is 0 Å². The third-order valence-electron chi connectivity index (χ3n) is 1.16. The molecule has 0 spiro atoms. The van der Waals surface area contributed by atoms with Crippen LogP contribution in [0.5, 0.6) is 0 Å². The Hall–Kier alpha value is -0.270. The first-order chi connectivity index (χ1) is 5.66. The van der Waals surface area contributed by atoms with Crippen molar-refractivity contribution in [3.8, 4) is 0 Å². The van der Waals surface area contributed by atoms with E-state index in [0.29, 0.717) is 0 Å². The van der Waals surface area contributed by atoms with E-state index in [-0.39, 0.29) is 11.7 Å². The largest absolute Gasteiger partial charge is 0.349 e. The summed E-state index contributed by atoms with van der Waals surface area (Å²) >= 11 is 3.71. The van der Waals surface area contributed by atoms with E-state index in [1.54, 1.807) is 0 Å². The van der Waals surface area contributed by atoms with Gasteiger partial charge in [-0.05, 0) is 13.8 Å². The van der Waals surface area contributed by atoms with Crippen LogP contribution in [0.3, 0.4) is 0 Å². The fraction of sp³-hybridized carbons (Fsp3) is 0.833. The molecule has 0 heterocycles. The lowest BCUT2D eigenvalue weighted by atomic mass is 10.1. The second-order valence-electron chi connectivity index (χ2n) is 3.32. The molecule has 0 rings (SSSR count). The summed E-state index contributed by atoms with van der Waals surface area (Å²) in [5, 5.41) is 2.41. The molecule has 0 radical (unpaired) electrons. The molecule has 0 aromatic rings. The van der Waals surface area contributed by atoms with Crippen molar-refractivity contribution in [1.82, 2.24) is 5.32 Å². The van der Waals surface area contributed by atoms with Crippen LogP contribution >= 0.6 is 12.6 Å². The zero-order valence-electron chi connectivity index (χ0n) is 7.44. The number of thiol groups is 1. The molecule has 0 saturated carbocycles. The molecule has 0 fully saturated rings. The van der Waals surface area contributed by atoms with Crippen molar-refractivity contribution >= 4 is 28.7 Å². The minimum absolute atomic E-state index is 0.0189. The minimum Gasteiger partial charge on any atom is -0.349 e. The Morgan fingerprint density at radius 3 is 2.31 bits per heavy atom. The predicted octanol–water partition coefficient (Wildman–Crippen LogP) is -0.301. The maximum absolute atomic E-state index is 10.8. The van der Waals surface area contributed by atoms with E-state index in [1.165, 1.54) is 13.8 Å². The van der Waals surface area contributed by atoms with Crippen LogP contribution in [0.4, 0.5) is 0 Å². The lowest BCUT2D eigenvalue weighted by molar-refractivity contribution is -0.119. The van der Waals surface area contributed by atoms with Gasteiger partial charge in [-0.1, -0.05) is 0 Å². The Kier molecular flexibility index (Phi) is 4.21. The smallest absolute Gasteiger partial charge is 0.267 e. The van der Waals surface area contributed by atoms with E-state index >= 15 is 0 Å². The van der Waals surface area contributed by atoms with Crippen LogP contribution in [0.2, 0.25) is 0 Å². The third-order valence-corrected chi connectivity index (χ3v) is 2.54. The summed E-state index contributed by atoms with van der Waals surface area (Å²) < 4.78 is 29.5. The van der Waals surface area contributed by atoms with Crippen LogP contribution in [-0.4, -0.2) is 35.9 Å². The topological polar surface area (TPSA) is 83.5 Å². The Labute approximate surface area is 83.1 Å². The fourth-order valence-electron chi connectivity index (χ4n) is 0.909. The zero-order valence-corrected chi connectivity index (χ0v) is 9.15. The highest BCUT2D eigenvalue weighted by atomic mass is 32.2. The summed E-state index contributed by atoms with van der Waals surface area (Å²) in [7, 11) is -4.08. The average Bonchev–Trinajstić information content (AvgIpc) is 1.80. The molecule has 0 aromatic carbocycles. The standard InChI is InChI=1S/C6H13NO4S2/c1-6(2,4-13(9,10)11)7-5(8)3-12/h12H,3-4H2,1-2H3,(H,7,8)(H,9,10,11). The zero-order chi connectivity index (χ0) is 10.7. The number of rotatable bonds is 4. The number of hydrogen-bond donors (Lipinski definition) is 3. The molecule has 1 amide bonds. The molecule has 0 aromatic heterocycles. The molecular formula is C6H13NO4S2. The van der Waals surface area contributed by atoms with Gasteiger partial charge >= 0.3 is 0 Å². The van der Waals surface area contributed by atoms with E-state index in [0.717, 1.165) is 0 Å². The van der Waals surface area contributed by atoms with Gasteiger partial charge in [0.2, 0.25) is 5.91 Å². The second kappa shape index (κ2) is 4.30. The van der Waals surface area contributed by atoms with Crippen LogP contribution in [0.1, 0.15) is 13.8 Å². The van der Waals surface area contributed by atoms with Crippen molar-refractivity contribution in [3.05, 3.63) is 0 Å². The number of carbonyl (C=O) groups excluding carboxylic acids is 1. The van der Waals surface area contributed by atoms with Crippen molar-refractivity contribution in [2.45, 2.75) is 19.4 Å². The molecule has 0 aliphatic carbocycles. The SMILES string of the molecule is CC(C)(CS(=O)(=O)O)NC(=O)CS. The Morgan fingerprint density at radius 1 is 1.54 bits per heavy atom. The third kappa shape index (κ3) is 6.85. The van der Waals surface area contributed by atoms with Crippen molar-refractivity contribution in [3.63, 3.8) is 0 Å². The van der Waals surface area contributed by atoms with Crippen LogP contribution in [0.15, 0.2) is 0 Å². The quantitative estimate of drug-likeness (QED) is 0.455. The summed E-state index contributed by atoms with van der Waals surface area (Å²) in [6.07, 6.45) is 0. The first kappa shape index (κ1) is 12.7. The normalized spacial score (nSPS) is 12.6. The lowest BCUT2D eigenvalue weighted by Gasteiger charge is -2.24. The summed E-state index contributed by atoms with van der Waals surface area (Å²) in [5.41, 5.74) is -0.979. The van der Waals surface area contributed by atoms with Gasteiger partial charge in [0.25, 0.3) is 10.1 Å². The van der Waals surface area contributed by atoms with Crippen LogP contribution in [0.25, 0.3) is 0 Å². The molecule has 78 valence electrons. The lowest BCUT2D eigenvalue weighted by Crippen LogP contribution is -2.48. The van der Waals surface area contributed by atoms with Gasteiger partial charge < -0.3 is 5.32 Å². The number of amides is 1. The highest BCUT2D eigenvalue weighted by Gasteiger charge is 2.25. The summed E-state index contributed by atoms with van der Waals surface area (Å²) in [6.45, 7) is 3.00. The summed E-state index contributed by atoms with van der Waals surface area (Å²) in [4.78, 5) is 10.8. The van der Waals surface area contributed by atoms with Crippen LogP contribution < -0.4 is 5.32 Å². The first-order valence-corrected chi connectivity index (χ1v) is 5.77. The van der Waals surface area contributed by atoms with Gasteiger partial charge in [-0.25, -0.2) is 0 Å². The summed E-state index contributed by atoms with van der Waals surface area (Å²) in [5.74, 6) is -0.911. The van der Waals surface area contributed by atoms with E-state index in [9.17, 15) is 13.2 Å². The van der Waals surface area contributed by atoms with Crippen molar-refractivity contribution in [2.24, 2.45) is 0 Å². The Bertz CT molecular complexity index is 283. The van der Waals surface area contributed by atoms with E-state index in [1.807, 2.05) is 0 Å². The number of nitrogens with one attached hydrogen (secondary N) is 1. The van der Waals surface area contributed by atoms with Gasteiger partial charge in [0.1, 0.15) is 0 Å². The molecule has 7 heteroatoms. The van der Waals surface area contributed by atoms with Gasteiger partial charge in [-0.2, -0.15) is 21.0 Å². The van der Waals surface area contributed by atoms with Crippen molar-refractivity contribution in [1.29, 1.82) is 0 Å². The van der Waals surface area contributed by atoms with Gasteiger partial charge in [0, 0.05) is 0 Å². The molecule has 13 heavy (non-hydrogen) atoms. The summed E-state index contributed by atoms with van der Waals surface area (Å²) in [6, 6.07) is 0. The maximum Gasteiger partial charge on any atom is 0.267 e. The predicted molar refractivity (Wildman–Crippen MR) is 52.5 cm³/mol. The molecule has 0 aliphatic heterocycles. The van der Waals surface area contributed by atoms with Crippen molar-refractivity contribution < 1.29 is 17.8 Å². The number of carbonyl (C=O) groups is 1. The van der Waals surface area contributed by atoms with E-state index in [4.69, 9.17) is 4.55 Å².